The van der Waals surface area contributed by atoms with Crippen molar-refractivity contribution in [2.45, 2.75) is 20.3 Å². The highest BCUT2D eigenvalue weighted by atomic mass is 14.3. The molecule has 1 unspecified atom stereocenters. The number of hydrogen-bond donors (Lipinski definition) is 0. The lowest BCUT2D eigenvalue weighted by molar-refractivity contribution is 0.523. The quantitative estimate of drug-likeness (QED) is 0.507. The highest BCUT2D eigenvalue weighted by Gasteiger charge is 2.26. The molecule has 0 heteroatoms. The van der Waals surface area contributed by atoms with Crippen LogP contribution in [0.1, 0.15) is 20.3 Å². The predicted molar refractivity (Wildman–Crippen MR) is 52.8 cm³/mol. The maximum atomic E-state index is 2.31. The standard InChI is InChI=1S/C12H14/c1-10-6-8-12(2)7-4-3-5-11(12)9-10/h3-7,9H,8H2,1-2H3. The molecule has 2 aliphatic rings. The first kappa shape index (κ1) is 7.60. The molecule has 0 aliphatic heterocycles. The first-order valence-corrected chi connectivity index (χ1v) is 4.46. The van der Waals surface area contributed by atoms with E-state index in [0.29, 0.717) is 0 Å². The largest absolute Gasteiger partial charge is 0.0804 e. The van der Waals surface area contributed by atoms with E-state index in [-0.39, 0.29) is 5.41 Å². The van der Waals surface area contributed by atoms with Gasteiger partial charge in [0, 0.05) is 5.41 Å². The summed E-state index contributed by atoms with van der Waals surface area (Å²) >= 11 is 0. The molecule has 0 nitrogen and oxygen atoms in total. The lowest BCUT2D eigenvalue weighted by atomic mass is 9.73. The Morgan fingerprint density at radius 1 is 1.33 bits per heavy atom. The van der Waals surface area contributed by atoms with E-state index in [4.69, 9.17) is 0 Å². The number of allylic oxidation sites excluding steroid dienone is 8. The molecule has 0 aromatic carbocycles. The lowest BCUT2D eigenvalue weighted by Gasteiger charge is -2.31. The summed E-state index contributed by atoms with van der Waals surface area (Å²) in [6, 6.07) is 0. The van der Waals surface area contributed by atoms with Crippen molar-refractivity contribution in [2.24, 2.45) is 5.41 Å². The topological polar surface area (TPSA) is 0 Å². The molecule has 0 amide bonds. The van der Waals surface area contributed by atoms with Crippen LogP contribution in [-0.4, -0.2) is 0 Å². The van der Waals surface area contributed by atoms with Crippen LogP contribution in [0.4, 0.5) is 0 Å². The van der Waals surface area contributed by atoms with Gasteiger partial charge in [-0.25, -0.2) is 0 Å². The van der Waals surface area contributed by atoms with Crippen LogP contribution in [0.2, 0.25) is 0 Å². The first-order valence-electron chi connectivity index (χ1n) is 4.46. The summed E-state index contributed by atoms with van der Waals surface area (Å²) in [6.07, 6.45) is 14.5. The first-order chi connectivity index (χ1) is 5.71. The van der Waals surface area contributed by atoms with Crippen molar-refractivity contribution in [2.75, 3.05) is 0 Å². The van der Waals surface area contributed by atoms with Gasteiger partial charge in [-0.1, -0.05) is 49.0 Å². The van der Waals surface area contributed by atoms with Crippen LogP contribution in [0.15, 0.2) is 47.6 Å². The summed E-state index contributed by atoms with van der Waals surface area (Å²) in [5.41, 5.74) is 3.11. The Kier molecular flexibility index (Phi) is 1.57. The fourth-order valence-electron chi connectivity index (χ4n) is 1.79. The highest BCUT2D eigenvalue weighted by Crippen LogP contribution is 2.39. The van der Waals surface area contributed by atoms with Crippen molar-refractivity contribution in [1.82, 2.24) is 0 Å². The van der Waals surface area contributed by atoms with Crippen molar-refractivity contribution in [3.8, 4) is 0 Å². The predicted octanol–water partition coefficient (Wildman–Crippen LogP) is 3.40. The van der Waals surface area contributed by atoms with Gasteiger partial charge < -0.3 is 0 Å². The van der Waals surface area contributed by atoms with E-state index in [1.165, 1.54) is 11.1 Å². The minimum atomic E-state index is 0.272. The smallest absolute Gasteiger partial charge is 0.0141 e. The van der Waals surface area contributed by atoms with Gasteiger partial charge in [0.2, 0.25) is 0 Å². The number of hydrogen-bond acceptors (Lipinski definition) is 0. The molecule has 12 heavy (non-hydrogen) atoms. The van der Waals surface area contributed by atoms with Crippen LogP contribution in [0.5, 0.6) is 0 Å². The summed E-state index contributed by atoms with van der Waals surface area (Å²) in [4.78, 5) is 0. The van der Waals surface area contributed by atoms with Gasteiger partial charge in [0.1, 0.15) is 0 Å². The van der Waals surface area contributed by atoms with Crippen LogP contribution in [0, 0.1) is 5.41 Å². The molecule has 0 N–H and O–H groups in total. The molecule has 0 saturated carbocycles. The zero-order valence-corrected chi connectivity index (χ0v) is 7.67. The summed E-state index contributed by atoms with van der Waals surface area (Å²) in [6.45, 7) is 4.46. The van der Waals surface area contributed by atoms with Gasteiger partial charge >= 0.3 is 0 Å². The third-order valence-corrected chi connectivity index (χ3v) is 2.74. The molecule has 0 aromatic rings. The molecule has 0 spiro atoms. The number of rotatable bonds is 0. The van der Waals surface area contributed by atoms with Gasteiger partial charge in [-0.2, -0.15) is 0 Å². The van der Waals surface area contributed by atoms with Crippen LogP contribution in [0.3, 0.4) is 0 Å². The van der Waals surface area contributed by atoms with Gasteiger partial charge in [0.15, 0.2) is 0 Å². The Morgan fingerprint density at radius 2 is 2.17 bits per heavy atom. The molecule has 2 aliphatic carbocycles. The third-order valence-electron chi connectivity index (χ3n) is 2.74. The van der Waals surface area contributed by atoms with Crippen molar-refractivity contribution in [3.63, 3.8) is 0 Å². The summed E-state index contributed by atoms with van der Waals surface area (Å²) in [5, 5.41) is 0. The van der Waals surface area contributed by atoms with E-state index in [9.17, 15) is 0 Å². The Hall–Kier alpha value is -1.04. The van der Waals surface area contributed by atoms with Gasteiger partial charge in [-0.15, -0.1) is 0 Å². The zero-order chi connectivity index (χ0) is 8.60. The monoisotopic (exact) mass is 158 g/mol. The van der Waals surface area contributed by atoms with Crippen molar-refractivity contribution < 1.29 is 0 Å². The van der Waals surface area contributed by atoms with E-state index in [1.807, 2.05) is 0 Å². The summed E-state index contributed by atoms with van der Waals surface area (Å²) in [5.74, 6) is 0. The van der Waals surface area contributed by atoms with Crippen LogP contribution < -0.4 is 0 Å². The van der Waals surface area contributed by atoms with Crippen LogP contribution >= 0.6 is 0 Å². The molecular weight excluding hydrogens is 144 g/mol. The zero-order valence-electron chi connectivity index (χ0n) is 7.67. The van der Waals surface area contributed by atoms with Crippen LogP contribution in [0.25, 0.3) is 0 Å². The maximum Gasteiger partial charge on any atom is 0.0141 e. The van der Waals surface area contributed by atoms with Crippen molar-refractivity contribution >= 4 is 0 Å². The average molecular weight is 158 g/mol. The Labute approximate surface area is 74.0 Å². The minimum Gasteiger partial charge on any atom is -0.0804 e. The van der Waals surface area contributed by atoms with E-state index in [2.05, 4.69) is 50.3 Å². The van der Waals surface area contributed by atoms with E-state index in [1.54, 1.807) is 0 Å². The summed E-state index contributed by atoms with van der Waals surface area (Å²) < 4.78 is 0. The normalized spacial score (nSPS) is 32.5. The molecule has 0 heterocycles. The fourth-order valence-corrected chi connectivity index (χ4v) is 1.79. The molecular formula is C12H14. The van der Waals surface area contributed by atoms with Gasteiger partial charge in [0.05, 0.1) is 0 Å². The van der Waals surface area contributed by atoms with Gasteiger partial charge in [-0.05, 0) is 18.9 Å². The SMILES string of the molecule is CC1=CCC2(C)C=CC=CC2=C1. The second-order valence-corrected chi connectivity index (χ2v) is 3.89. The minimum absolute atomic E-state index is 0.272. The second kappa shape index (κ2) is 2.48. The van der Waals surface area contributed by atoms with Gasteiger partial charge in [-0.3, -0.25) is 0 Å². The Bertz CT molecular complexity index is 313. The molecule has 2 rings (SSSR count). The highest BCUT2D eigenvalue weighted by molar-refractivity contribution is 5.45. The van der Waals surface area contributed by atoms with E-state index in [0.717, 1.165) is 6.42 Å². The fraction of sp³-hybridized carbons (Fsp3) is 0.333. The van der Waals surface area contributed by atoms with Crippen LogP contribution in [-0.2, 0) is 0 Å². The number of fused-ring (bicyclic) bond motifs is 1. The molecule has 62 valence electrons. The molecule has 0 fully saturated rings. The molecule has 0 radical (unpaired) electrons. The molecule has 1 atom stereocenters. The third kappa shape index (κ3) is 1.08. The molecule has 0 bridgehead atoms. The second-order valence-electron chi connectivity index (χ2n) is 3.89. The Morgan fingerprint density at radius 3 is 3.00 bits per heavy atom. The molecule has 0 saturated heterocycles. The average Bonchev–Trinajstić information content (AvgIpc) is 2.06. The van der Waals surface area contributed by atoms with Crippen molar-refractivity contribution in [3.05, 3.63) is 47.6 Å². The lowest BCUT2D eigenvalue weighted by Crippen LogP contribution is -2.18. The van der Waals surface area contributed by atoms with E-state index >= 15 is 0 Å². The van der Waals surface area contributed by atoms with Crippen molar-refractivity contribution in [1.29, 1.82) is 0 Å². The molecule has 0 aromatic heterocycles. The maximum absolute atomic E-state index is 2.31. The van der Waals surface area contributed by atoms with Gasteiger partial charge in [0.25, 0.3) is 0 Å². The van der Waals surface area contributed by atoms with E-state index < -0.39 is 0 Å². The Balaban J connectivity index is 2.44. The summed E-state index contributed by atoms with van der Waals surface area (Å²) in [7, 11) is 0.